The van der Waals surface area contributed by atoms with E-state index in [1.807, 2.05) is 38.1 Å². The minimum absolute atomic E-state index is 0.257. The summed E-state index contributed by atoms with van der Waals surface area (Å²) in [6, 6.07) is 20.6. The van der Waals surface area contributed by atoms with Gasteiger partial charge in [0.1, 0.15) is 12.0 Å². The molecule has 0 bridgehead atoms. The first-order chi connectivity index (χ1) is 17.2. The van der Waals surface area contributed by atoms with E-state index in [-0.39, 0.29) is 5.56 Å². The van der Waals surface area contributed by atoms with E-state index >= 15 is 0 Å². The number of hydroxylamine groups is 1. The van der Waals surface area contributed by atoms with E-state index in [1.165, 1.54) is 0 Å². The molecule has 0 aromatic heterocycles. The van der Waals surface area contributed by atoms with Crippen LogP contribution in [0.2, 0.25) is 5.02 Å². The number of benzene rings is 3. The van der Waals surface area contributed by atoms with Gasteiger partial charge in [-0.2, -0.15) is 0 Å². The van der Waals surface area contributed by atoms with Crippen molar-refractivity contribution in [2.24, 2.45) is 5.92 Å². The van der Waals surface area contributed by atoms with E-state index in [0.29, 0.717) is 16.3 Å². The minimum atomic E-state index is -2.26. The molecule has 1 saturated heterocycles. The number of aryl methyl sites for hydroxylation is 2. The number of carbonyl (C=O) groups is 3. The molecule has 0 aliphatic carbocycles. The van der Waals surface area contributed by atoms with Gasteiger partial charge in [0.05, 0.1) is 19.9 Å². The van der Waals surface area contributed by atoms with Gasteiger partial charge >= 0.3 is 11.9 Å². The third kappa shape index (κ3) is 4.25. The maximum absolute atomic E-state index is 14.1. The van der Waals surface area contributed by atoms with Crippen LogP contribution >= 0.6 is 11.6 Å². The van der Waals surface area contributed by atoms with Crippen molar-refractivity contribution in [2.75, 3.05) is 19.3 Å². The van der Waals surface area contributed by atoms with Gasteiger partial charge in [-0.1, -0.05) is 59.1 Å². The van der Waals surface area contributed by atoms with Crippen LogP contribution in [-0.2, 0) is 23.9 Å². The van der Waals surface area contributed by atoms with Gasteiger partial charge in [-0.05, 0) is 55.8 Å². The quantitative estimate of drug-likeness (QED) is 0.263. The number of esters is 2. The Balaban J connectivity index is 2.01. The SMILES string of the molecule is COC(=O)C1(C(=O)OC)C(C(=O)c2ccc(Cl)cc2)C(c2ccc(C)cc2)ON1c1ccc(C)cc1. The summed E-state index contributed by atoms with van der Waals surface area (Å²) in [5, 5.41) is 1.60. The second-order valence-corrected chi connectivity index (χ2v) is 9.10. The summed E-state index contributed by atoms with van der Waals surface area (Å²) in [5.74, 6) is -3.79. The molecule has 1 aliphatic heterocycles. The predicted octanol–water partition coefficient (Wildman–Crippen LogP) is 5.03. The number of ether oxygens (including phenoxy) is 2. The Kier molecular flexibility index (Phi) is 7.15. The number of nitrogens with zero attached hydrogens (tertiary/aromatic N) is 1. The number of methoxy groups -OCH3 is 2. The summed E-state index contributed by atoms with van der Waals surface area (Å²) in [5.41, 5.74) is 0.960. The van der Waals surface area contributed by atoms with Crippen molar-refractivity contribution >= 4 is 35.0 Å². The zero-order valence-corrected chi connectivity index (χ0v) is 21.1. The zero-order valence-electron chi connectivity index (χ0n) is 20.4. The normalized spacial score (nSPS) is 18.5. The summed E-state index contributed by atoms with van der Waals surface area (Å²) in [7, 11) is 2.31. The van der Waals surface area contributed by atoms with Gasteiger partial charge in [0, 0.05) is 10.6 Å². The second kappa shape index (κ2) is 10.1. The molecular weight excluding hydrogens is 482 g/mol. The highest BCUT2D eigenvalue weighted by Gasteiger charge is 2.70. The molecule has 3 aromatic rings. The zero-order chi connectivity index (χ0) is 26.0. The summed E-state index contributed by atoms with van der Waals surface area (Å²) in [4.78, 5) is 47.7. The molecule has 3 aromatic carbocycles. The van der Waals surface area contributed by atoms with Crippen molar-refractivity contribution in [3.63, 3.8) is 0 Å². The standard InChI is InChI=1S/C28H26ClNO6/c1-17-5-9-20(10-6-17)25-23(24(31)19-11-13-21(29)14-12-19)28(26(32)34-3,27(33)35-4)30(36-25)22-15-7-18(2)8-16-22/h5-16,23,25H,1-4H3. The molecule has 1 heterocycles. The second-order valence-electron chi connectivity index (χ2n) is 8.66. The fourth-order valence-electron chi connectivity index (χ4n) is 4.49. The highest BCUT2D eigenvalue weighted by molar-refractivity contribution is 6.30. The van der Waals surface area contributed by atoms with E-state index in [2.05, 4.69) is 0 Å². The van der Waals surface area contributed by atoms with E-state index in [1.54, 1.807) is 48.5 Å². The average molecular weight is 508 g/mol. The molecule has 4 rings (SSSR count). The van der Waals surface area contributed by atoms with Gasteiger partial charge in [0.15, 0.2) is 5.78 Å². The summed E-state index contributed by atoms with van der Waals surface area (Å²) < 4.78 is 10.3. The van der Waals surface area contributed by atoms with Crippen molar-refractivity contribution in [1.82, 2.24) is 0 Å². The van der Waals surface area contributed by atoms with Crippen molar-refractivity contribution in [3.8, 4) is 0 Å². The van der Waals surface area contributed by atoms with Gasteiger partial charge < -0.3 is 9.47 Å². The van der Waals surface area contributed by atoms with Crippen molar-refractivity contribution in [2.45, 2.75) is 25.5 Å². The third-order valence-corrected chi connectivity index (χ3v) is 6.62. The first-order valence-corrected chi connectivity index (χ1v) is 11.7. The number of halogens is 1. The van der Waals surface area contributed by atoms with E-state index in [4.69, 9.17) is 25.9 Å². The third-order valence-electron chi connectivity index (χ3n) is 6.37. The Morgan fingerprint density at radius 1 is 0.806 bits per heavy atom. The van der Waals surface area contributed by atoms with Crippen LogP contribution < -0.4 is 5.06 Å². The van der Waals surface area contributed by atoms with E-state index in [0.717, 1.165) is 30.4 Å². The molecule has 1 aliphatic rings. The van der Waals surface area contributed by atoms with Gasteiger partial charge in [0.25, 0.3) is 5.54 Å². The highest BCUT2D eigenvalue weighted by atomic mass is 35.5. The van der Waals surface area contributed by atoms with Gasteiger partial charge in [0.2, 0.25) is 0 Å². The van der Waals surface area contributed by atoms with E-state index in [9.17, 15) is 14.4 Å². The molecular formula is C28H26ClNO6. The Labute approximate surface area is 214 Å². The van der Waals surface area contributed by atoms with Gasteiger partial charge in [-0.15, -0.1) is 0 Å². The average Bonchev–Trinajstić information content (AvgIpc) is 3.25. The van der Waals surface area contributed by atoms with Crippen LogP contribution in [0.15, 0.2) is 72.8 Å². The number of ketones is 1. The Morgan fingerprint density at radius 2 is 1.31 bits per heavy atom. The first-order valence-electron chi connectivity index (χ1n) is 11.3. The highest BCUT2D eigenvalue weighted by Crippen LogP contribution is 2.50. The Bertz CT molecular complexity index is 1250. The molecule has 8 heteroatoms. The maximum Gasteiger partial charge on any atom is 0.346 e. The van der Waals surface area contributed by atoms with Crippen LogP contribution in [0.3, 0.4) is 0 Å². The van der Waals surface area contributed by atoms with Crippen LogP contribution in [0, 0.1) is 19.8 Å². The van der Waals surface area contributed by atoms with Crippen LogP contribution in [0.25, 0.3) is 0 Å². The molecule has 7 nitrogen and oxygen atoms in total. The number of Topliss-reactive ketones (excluding diaryl/α,β-unsaturated/α-hetero) is 1. The molecule has 0 N–H and O–H groups in total. The van der Waals surface area contributed by atoms with Crippen molar-refractivity contribution in [1.29, 1.82) is 0 Å². The molecule has 36 heavy (non-hydrogen) atoms. The fourth-order valence-corrected chi connectivity index (χ4v) is 4.62. The Morgan fingerprint density at radius 3 is 1.81 bits per heavy atom. The summed E-state index contributed by atoms with van der Waals surface area (Å²) in [6.07, 6.45) is -1.01. The molecule has 0 amide bonds. The molecule has 186 valence electrons. The molecule has 1 fully saturated rings. The number of rotatable bonds is 6. The topological polar surface area (TPSA) is 82.1 Å². The number of anilines is 1. The van der Waals surface area contributed by atoms with Gasteiger partial charge in [-0.3, -0.25) is 9.63 Å². The maximum atomic E-state index is 14.1. The van der Waals surface area contributed by atoms with Crippen LogP contribution in [-0.4, -0.2) is 37.5 Å². The lowest BCUT2D eigenvalue weighted by atomic mass is 9.74. The number of hydrogen-bond donors (Lipinski definition) is 0. The monoisotopic (exact) mass is 507 g/mol. The van der Waals surface area contributed by atoms with Crippen molar-refractivity contribution < 1.29 is 28.7 Å². The fraction of sp³-hybridized carbons (Fsp3) is 0.250. The minimum Gasteiger partial charge on any atom is -0.467 e. The number of hydrogen-bond acceptors (Lipinski definition) is 7. The lowest BCUT2D eigenvalue weighted by Crippen LogP contribution is -2.63. The van der Waals surface area contributed by atoms with Crippen molar-refractivity contribution in [3.05, 3.63) is 100 Å². The Hall–Kier alpha value is -3.68. The summed E-state index contributed by atoms with van der Waals surface area (Å²) >= 11 is 6.04. The molecule has 0 saturated carbocycles. The van der Waals surface area contributed by atoms with Crippen LogP contribution in [0.1, 0.15) is 33.2 Å². The molecule has 2 atom stereocenters. The molecule has 2 unspecified atom stereocenters. The first kappa shape index (κ1) is 25.4. The van der Waals surface area contributed by atoms with E-state index < -0.39 is 35.3 Å². The summed E-state index contributed by atoms with van der Waals surface area (Å²) in [6.45, 7) is 3.84. The molecule has 0 spiro atoms. The lowest BCUT2D eigenvalue weighted by Gasteiger charge is -2.35. The smallest absolute Gasteiger partial charge is 0.346 e. The molecule has 0 radical (unpaired) electrons. The lowest BCUT2D eigenvalue weighted by molar-refractivity contribution is -0.163. The number of carbonyl (C=O) groups excluding carboxylic acids is 3. The predicted molar refractivity (Wildman–Crippen MR) is 135 cm³/mol. The van der Waals surface area contributed by atoms with Crippen LogP contribution in [0.5, 0.6) is 0 Å². The van der Waals surface area contributed by atoms with Gasteiger partial charge in [-0.25, -0.2) is 14.7 Å². The van der Waals surface area contributed by atoms with Crippen LogP contribution in [0.4, 0.5) is 5.69 Å². The largest absolute Gasteiger partial charge is 0.467 e.